The number of carbonyl (C=O) groups is 3. The second kappa shape index (κ2) is 9.81. The summed E-state index contributed by atoms with van der Waals surface area (Å²) in [5, 5.41) is 13.2. The maximum absolute atomic E-state index is 12.9. The minimum Gasteiger partial charge on any atom is -0.448 e. The minimum atomic E-state index is -1.34. The zero-order valence-electron chi connectivity index (χ0n) is 15.8. The summed E-state index contributed by atoms with van der Waals surface area (Å²) in [6.07, 6.45) is -1.34. The molecule has 2 aromatic carbocycles. The fourth-order valence-electron chi connectivity index (χ4n) is 2.65. The number of non-ortho nitro benzene ring substituents is 1. The van der Waals surface area contributed by atoms with E-state index in [1.165, 1.54) is 36.4 Å². The maximum Gasteiger partial charge on any atom is 0.326 e. The summed E-state index contributed by atoms with van der Waals surface area (Å²) in [6, 6.07) is 16.2. The van der Waals surface area contributed by atoms with Gasteiger partial charge in [-0.25, -0.2) is 0 Å². The summed E-state index contributed by atoms with van der Waals surface area (Å²) in [7, 11) is 0. The van der Waals surface area contributed by atoms with Gasteiger partial charge in [0.05, 0.1) is 4.92 Å². The molecule has 1 heterocycles. The molecule has 3 aromatic rings. The Balaban J connectivity index is 1.75. The van der Waals surface area contributed by atoms with Crippen molar-refractivity contribution in [2.75, 3.05) is 6.54 Å². The van der Waals surface area contributed by atoms with Gasteiger partial charge >= 0.3 is 5.97 Å². The highest BCUT2D eigenvalue weighted by molar-refractivity contribution is 9.10. The van der Waals surface area contributed by atoms with Gasteiger partial charge in [0.1, 0.15) is 6.54 Å². The van der Waals surface area contributed by atoms with Crippen molar-refractivity contribution in [2.45, 2.75) is 6.10 Å². The molecule has 1 amide bonds. The van der Waals surface area contributed by atoms with E-state index in [-0.39, 0.29) is 17.0 Å². The number of nitro benzene ring substituents is 1. The topological polar surface area (TPSA) is 129 Å². The van der Waals surface area contributed by atoms with Crippen molar-refractivity contribution in [2.24, 2.45) is 0 Å². The molecule has 0 fully saturated rings. The number of halogens is 1. The van der Waals surface area contributed by atoms with E-state index in [9.17, 15) is 24.5 Å². The highest BCUT2D eigenvalue weighted by Gasteiger charge is 2.27. The van der Waals surface area contributed by atoms with E-state index >= 15 is 0 Å². The van der Waals surface area contributed by atoms with Gasteiger partial charge in [0.2, 0.25) is 5.78 Å². The molecular weight excluding hydrogens is 472 g/mol. The third kappa shape index (κ3) is 5.64. The van der Waals surface area contributed by atoms with Crippen molar-refractivity contribution in [1.82, 2.24) is 5.32 Å². The number of nitro groups is 1. The van der Waals surface area contributed by atoms with E-state index in [2.05, 4.69) is 21.2 Å². The van der Waals surface area contributed by atoms with E-state index in [1.807, 2.05) is 0 Å². The number of nitrogens with zero attached hydrogens (tertiary/aromatic N) is 1. The zero-order chi connectivity index (χ0) is 22.4. The number of amides is 1. The smallest absolute Gasteiger partial charge is 0.326 e. The van der Waals surface area contributed by atoms with Gasteiger partial charge in [0.15, 0.2) is 16.5 Å². The number of rotatable bonds is 8. The van der Waals surface area contributed by atoms with Crippen LogP contribution in [0.1, 0.15) is 32.6 Å². The van der Waals surface area contributed by atoms with Crippen LogP contribution < -0.4 is 5.32 Å². The van der Waals surface area contributed by atoms with Crippen LogP contribution in [-0.2, 0) is 9.53 Å². The molecule has 1 aromatic heterocycles. The number of esters is 1. The number of benzene rings is 2. The Morgan fingerprint density at radius 2 is 1.71 bits per heavy atom. The summed E-state index contributed by atoms with van der Waals surface area (Å²) in [4.78, 5) is 47.6. The normalized spacial score (nSPS) is 11.4. The maximum atomic E-state index is 12.9. The van der Waals surface area contributed by atoms with Crippen molar-refractivity contribution in [3.63, 3.8) is 0 Å². The zero-order valence-corrected chi connectivity index (χ0v) is 17.4. The number of hydrogen-bond donors (Lipinski definition) is 1. The van der Waals surface area contributed by atoms with E-state index < -0.39 is 35.2 Å². The molecule has 158 valence electrons. The molecule has 0 aliphatic rings. The van der Waals surface area contributed by atoms with E-state index in [4.69, 9.17) is 9.15 Å². The van der Waals surface area contributed by atoms with Gasteiger partial charge in [-0.15, -0.1) is 0 Å². The lowest BCUT2D eigenvalue weighted by Gasteiger charge is -2.17. The molecule has 0 spiro atoms. The molecule has 0 unspecified atom stereocenters. The highest BCUT2D eigenvalue weighted by atomic mass is 79.9. The fourth-order valence-corrected chi connectivity index (χ4v) is 2.95. The van der Waals surface area contributed by atoms with Crippen molar-refractivity contribution in [3.8, 4) is 0 Å². The van der Waals surface area contributed by atoms with Gasteiger partial charge < -0.3 is 14.5 Å². The molecule has 1 N–H and O–H groups in total. The lowest BCUT2D eigenvalue weighted by Crippen LogP contribution is -2.32. The van der Waals surface area contributed by atoms with Crippen LogP contribution in [0, 0.1) is 10.1 Å². The Morgan fingerprint density at radius 3 is 2.29 bits per heavy atom. The summed E-state index contributed by atoms with van der Waals surface area (Å²) in [5.74, 6) is -2.02. The average Bonchev–Trinajstić information content (AvgIpc) is 3.22. The van der Waals surface area contributed by atoms with Crippen LogP contribution >= 0.6 is 15.9 Å². The highest BCUT2D eigenvalue weighted by Crippen LogP contribution is 2.25. The van der Waals surface area contributed by atoms with E-state index in [0.717, 1.165) is 0 Å². The van der Waals surface area contributed by atoms with Gasteiger partial charge in [0.25, 0.3) is 11.6 Å². The average molecular weight is 487 g/mol. The summed E-state index contributed by atoms with van der Waals surface area (Å²) >= 11 is 3.07. The van der Waals surface area contributed by atoms with Crippen LogP contribution in [0.3, 0.4) is 0 Å². The van der Waals surface area contributed by atoms with Crippen molar-refractivity contribution in [1.29, 1.82) is 0 Å². The molecule has 1 atom stereocenters. The molecule has 0 bridgehead atoms. The predicted molar refractivity (Wildman–Crippen MR) is 111 cm³/mol. The molecule has 10 heteroatoms. The molecule has 0 aliphatic carbocycles. The molecule has 0 saturated carbocycles. The van der Waals surface area contributed by atoms with Crippen LogP contribution in [0.25, 0.3) is 0 Å². The molecule has 31 heavy (non-hydrogen) atoms. The minimum absolute atomic E-state index is 0.00745. The SMILES string of the molecule is O=C(CNC(=O)c1ccc(Br)o1)O[C@@H](C(=O)c1ccccc1)c1ccc([N+](=O)[O-])cc1. The number of furan rings is 1. The third-order valence-electron chi connectivity index (χ3n) is 4.14. The van der Waals surface area contributed by atoms with Crippen LogP contribution in [0.2, 0.25) is 0 Å². The largest absolute Gasteiger partial charge is 0.448 e. The first-order chi connectivity index (χ1) is 14.8. The van der Waals surface area contributed by atoms with Crippen LogP contribution in [0.5, 0.6) is 0 Å². The van der Waals surface area contributed by atoms with Crippen LogP contribution in [-0.4, -0.2) is 29.1 Å². The van der Waals surface area contributed by atoms with Crippen LogP contribution in [0.4, 0.5) is 5.69 Å². The second-order valence-electron chi connectivity index (χ2n) is 6.24. The molecular formula is C21H15BrN2O7. The Hall–Kier alpha value is -3.79. The van der Waals surface area contributed by atoms with Crippen molar-refractivity contribution >= 4 is 39.3 Å². The summed E-state index contributed by atoms with van der Waals surface area (Å²) in [6.45, 7) is -0.511. The first-order valence-electron chi connectivity index (χ1n) is 8.92. The van der Waals surface area contributed by atoms with Crippen molar-refractivity contribution in [3.05, 3.63) is 98.4 Å². The first-order valence-corrected chi connectivity index (χ1v) is 9.71. The molecule has 0 saturated heterocycles. The monoisotopic (exact) mass is 486 g/mol. The molecule has 0 radical (unpaired) electrons. The van der Waals surface area contributed by atoms with Gasteiger partial charge in [-0.2, -0.15) is 0 Å². The molecule has 9 nitrogen and oxygen atoms in total. The van der Waals surface area contributed by atoms with Gasteiger partial charge in [0, 0.05) is 23.3 Å². The number of carbonyl (C=O) groups excluding carboxylic acids is 3. The van der Waals surface area contributed by atoms with Crippen molar-refractivity contribution < 1.29 is 28.5 Å². The van der Waals surface area contributed by atoms with Gasteiger partial charge in [-0.3, -0.25) is 24.5 Å². The molecule has 3 rings (SSSR count). The Morgan fingerprint density at radius 1 is 1.03 bits per heavy atom. The number of ketones is 1. The lowest BCUT2D eigenvalue weighted by molar-refractivity contribution is -0.384. The number of Topliss-reactive ketones (excluding diaryl/α,β-unsaturated/α-hetero) is 1. The van der Waals surface area contributed by atoms with Gasteiger partial charge in [-0.05, 0) is 40.2 Å². The van der Waals surface area contributed by atoms with E-state index in [0.29, 0.717) is 10.2 Å². The molecule has 0 aliphatic heterocycles. The third-order valence-corrected chi connectivity index (χ3v) is 4.57. The quantitative estimate of drug-likeness (QED) is 0.221. The number of hydrogen-bond acceptors (Lipinski definition) is 7. The second-order valence-corrected chi connectivity index (χ2v) is 7.02. The standard InChI is InChI=1S/C21H15BrN2O7/c22-17-11-10-16(30-17)21(27)23-12-18(25)31-20(19(26)13-4-2-1-3-5-13)14-6-8-15(9-7-14)24(28)29/h1-11,20H,12H2,(H,23,27)/t20-/m1/s1. The first kappa shape index (κ1) is 21.9. The summed E-state index contributed by atoms with van der Waals surface area (Å²) in [5.41, 5.74) is 0.384. The Kier molecular flexibility index (Phi) is 6.93. The Labute approximate surface area is 184 Å². The van der Waals surface area contributed by atoms with E-state index in [1.54, 1.807) is 30.3 Å². The summed E-state index contributed by atoms with van der Waals surface area (Å²) < 4.78 is 10.8. The van der Waals surface area contributed by atoms with Crippen LogP contribution in [0.15, 0.2) is 75.8 Å². The number of ether oxygens (including phenoxy) is 1. The number of nitrogens with one attached hydrogen (secondary N) is 1. The van der Waals surface area contributed by atoms with Gasteiger partial charge in [-0.1, -0.05) is 30.3 Å². The predicted octanol–water partition coefficient (Wildman–Crippen LogP) is 3.85. The lowest BCUT2D eigenvalue weighted by atomic mass is 9.99. The fraction of sp³-hybridized carbons (Fsp3) is 0.0952. The Bertz CT molecular complexity index is 1110.